The van der Waals surface area contributed by atoms with Crippen LogP contribution in [0.5, 0.6) is 23.0 Å². The van der Waals surface area contributed by atoms with Crippen molar-refractivity contribution >= 4 is 34.9 Å². The summed E-state index contributed by atoms with van der Waals surface area (Å²) < 4.78 is 25.1. The van der Waals surface area contributed by atoms with E-state index < -0.39 is 0 Å². The van der Waals surface area contributed by atoms with Gasteiger partial charge in [-0.05, 0) is 68.9 Å². The van der Waals surface area contributed by atoms with Gasteiger partial charge in [0, 0.05) is 5.56 Å². The molecule has 0 atom stereocenters. The van der Waals surface area contributed by atoms with Crippen LogP contribution in [0.4, 0.5) is 11.6 Å². The summed E-state index contributed by atoms with van der Waals surface area (Å²) in [5, 5.41) is 15.0. The number of carbonyl (C=O) groups is 3. The molecule has 1 aliphatic heterocycles. The molecule has 2 amide bonds. The van der Waals surface area contributed by atoms with Gasteiger partial charge in [-0.1, -0.05) is 45.6 Å². The lowest BCUT2D eigenvalue weighted by atomic mass is 10.1. The van der Waals surface area contributed by atoms with Gasteiger partial charge in [0.1, 0.15) is 16.9 Å². The highest BCUT2D eigenvalue weighted by atomic mass is 16.5. The van der Waals surface area contributed by atoms with E-state index in [4.69, 9.17) is 34.8 Å². The minimum atomic E-state index is -0.390. The maximum atomic E-state index is 12.8. The zero-order valence-corrected chi connectivity index (χ0v) is 33.8. The molecule has 4 aromatic rings. The first-order valence-corrected chi connectivity index (χ1v) is 19.8. The van der Waals surface area contributed by atoms with Gasteiger partial charge in [0.2, 0.25) is 0 Å². The van der Waals surface area contributed by atoms with Crippen molar-refractivity contribution in [3.63, 3.8) is 0 Å². The van der Waals surface area contributed by atoms with E-state index in [1.807, 2.05) is 36.7 Å². The number of anilines is 1. The fraction of sp³-hybridized carbons (Fsp3) is 0.476. The molecule has 0 saturated heterocycles. The predicted octanol–water partition coefficient (Wildman–Crippen LogP) is 6.21. The number of rotatable bonds is 13. The van der Waals surface area contributed by atoms with Crippen molar-refractivity contribution in [2.75, 3.05) is 47.3 Å². The summed E-state index contributed by atoms with van der Waals surface area (Å²) in [6.07, 6.45) is 10.2. The number of Topliss-reactive ketones (excluding diaryl/α,β-unsaturated/α-hetero) is 1. The van der Waals surface area contributed by atoms with E-state index in [9.17, 15) is 14.4 Å². The summed E-state index contributed by atoms with van der Waals surface area (Å²) in [6.45, 7) is 4.14. The van der Waals surface area contributed by atoms with Gasteiger partial charge in [-0.25, -0.2) is 14.4 Å². The zero-order valence-electron chi connectivity index (χ0n) is 33.8. The van der Waals surface area contributed by atoms with Crippen LogP contribution in [0.25, 0.3) is 0 Å². The molecule has 4 N–H and O–H groups in total. The molecule has 0 radical (unpaired) electrons. The fourth-order valence-corrected chi connectivity index (χ4v) is 7.93. The van der Waals surface area contributed by atoms with E-state index in [0.29, 0.717) is 82.4 Å². The standard InChI is InChI=1S/C21H28N4O4.C21H26N4O3/c1-4-15-18(20(22)25(24-15)13-8-5-6-9-13)21(27)23-12-16(26)14-10-7-11-17(28-2)19(14)29-3;1-4-15-19-20(25(24-15)14-7-5-6-8-14)23-16(12-22-21(19)26)13-9-10-17(27-2)18(11-13)28-3/h7,10-11,13H,4-6,8-9,12,22H2,1-3H3,(H,23,27);9-11,14H,4-8,12H2,1-3H3,(H,22,26). The lowest BCUT2D eigenvalue weighted by molar-refractivity contribution is 0.0902. The van der Waals surface area contributed by atoms with E-state index in [1.54, 1.807) is 37.1 Å². The number of aliphatic imine (C=N–C) groups is 1. The van der Waals surface area contributed by atoms with Crippen LogP contribution in [0.1, 0.15) is 125 Å². The second kappa shape index (κ2) is 18.4. The molecule has 0 unspecified atom stereocenters. The number of amides is 2. The number of benzene rings is 2. The Morgan fingerprint density at radius 1 is 0.825 bits per heavy atom. The molecule has 2 saturated carbocycles. The normalized spacial score (nSPS) is 15.5. The minimum Gasteiger partial charge on any atom is -0.493 e. The Balaban J connectivity index is 0.000000193. The average molecular weight is 783 g/mol. The Morgan fingerprint density at radius 2 is 1.46 bits per heavy atom. The van der Waals surface area contributed by atoms with Gasteiger partial charge in [-0.3, -0.25) is 14.4 Å². The van der Waals surface area contributed by atoms with Crippen LogP contribution in [0.2, 0.25) is 0 Å². The first-order valence-electron chi connectivity index (χ1n) is 19.8. The Bertz CT molecular complexity index is 2130. The second-order valence-electron chi connectivity index (χ2n) is 14.3. The van der Waals surface area contributed by atoms with Crippen LogP contribution in [-0.4, -0.2) is 84.4 Å². The van der Waals surface area contributed by atoms with Gasteiger partial charge in [-0.15, -0.1) is 0 Å². The van der Waals surface area contributed by atoms with Crippen LogP contribution < -0.4 is 35.3 Å². The summed E-state index contributed by atoms with van der Waals surface area (Å²) in [4.78, 5) is 43.3. The van der Waals surface area contributed by atoms with E-state index in [0.717, 1.165) is 55.5 Å². The van der Waals surface area contributed by atoms with Crippen molar-refractivity contribution in [1.82, 2.24) is 30.2 Å². The first kappa shape index (κ1) is 40.8. The lowest BCUT2D eigenvalue weighted by Crippen LogP contribution is -2.30. The third-order valence-electron chi connectivity index (χ3n) is 10.9. The van der Waals surface area contributed by atoms with E-state index in [-0.39, 0.29) is 30.2 Å². The summed E-state index contributed by atoms with van der Waals surface area (Å²) >= 11 is 0. The van der Waals surface area contributed by atoms with Crippen LogP contribution in [0.15, 0.2) is 41.4 Å². The van der Waals surface area contributed by atoms with Gasteiger partial charge < -0.3 is 35.3 Å². The van der Waals surface area contributed by atoms with Crippen molar-refractivity contribution in [3.8, 4) is 23.0 Å². The van der Waals surface area contributed by atoms with Gasteiger partial charge in [0.25, 0.3) is 11.8 Å². The molecule has 2 fully saturated rings. The second-order valence-corrected chi connectivity index (χ2v) is 14.3. The van der Waals surface area contributed by atoms with Crippen LogP contribution in [0.3, 0.4) is 0 Å². The molecule has 7 rings (SSSR count). The van der Waals surface area contributed by atoms with Crippen LogP contribution >= 0.6 is 0 Å². The highest BCUT2D eigenvalue weighted by Crippen LogP contribution is 2.38. The number of ether oxygens (including phenoxy) is 4. The molecular formula is C42H54N8O7. The number of aryl methyl sites for hydroxylation is 2. The molecule has 0 spiro atoms. The largest absolute Gasteiger partial charge is 0.493 e. The summed E-state index contributed by atoms with van der Waals surface area (Å²) in [5.41, 5.74) is 10.8. The molecule has 2 aromatic heterocycles. The summed E-state index contributed by atoms with van der Waals surface area (Å²) in [6, 6.07) is 11.3. The number of ketones is 1. The molecule has 3 heterocycles. The number of para-hydroxylation sites is 1. The number of methoxy groups -OCH3 is 4. The average Bonchev–Trinajstić information content (AvgIpc) is 4.07. The molecule has 15 nitrogen and oxygen atoms in total. The Hall–Kier alpha value is -5.86. The number of fused-ring (bicyclic) bond motifs is 1. The smallest absolute Gasteiger partial charge is 0.257 e. The highest BCUT2D eigenvalue weighted by Gasteiger charge is 2.31. The number of hydrogen-bond acceptors (Lipinski definition) is 11. The molecule has 57 heavy (non-hydrogen) atoms. The predicted molar refractivity (Wildman–Crippen MR) is 217 cm³/mol. The molecule has 15 heteroatoms. The molecule has 2 aromatic carbocycles. The van der Waals surface area contributed by atoms with Gasteiger partial charge in [0.15, 0.2) is 34.6 Å². The number of nitrogens with zero attached hydrogens (tertiary/aromatic N) is 5. The zero-order chi connectivity index (χ0) is 40.6. The van der Waals surface area contributed by atoms with Gasteiger partial charge in [0.05, 0.1) is 76.3 Å². The topological polar surface area (TPSA) is 186 Å². The molecule has 2 aliphatic carbocycles. The molecule has 304 valence electrons. The number of nitrogens with one attached hydrogen (secondary N) is 2. The Labute approximate surface area is 333 Å². The number of hydrogen-bond donors (Lipinski definition) is 3. The quantitative estimate of drug-likeness (QED) is 0.132. The van der Waals surface area contributed by atoms with E-state index >= 15 is 0 Å². The third kappa shape index (κ3) is 8.47. The number of nitrogens with two attached hydrogens (primary N) is 1. The van der Waals surface area contributed by atoms with Gasteiger partial charge >= 0.3 is 0 Å². The Morgan fingerprint density at radius 3 is 2.07 bits per heavy atom. The maximum absolute atomic E-state index is 12.8. The Kier molecular flexibility index (Phi) is 13.2. The third-order valence-corrected chi connectivity index (χ3v) is 10.9. The van der Waals surface area contributed by atoms with Crippen molar-refractivity contribution in [2.24, 2.45) is 4.99 Å². The highest BCUT2D eigenvalue weighted by molar-refractivity contribution is 6.11. The van der Waals surface area contributed by atoms with Crippen LogP contribution in [-0.2, 0) is 12.8 Å². The van der Waals surface area contributed by atoms with Gasteiger partial charge in [-0.2, -0.15) is 10.2 Å². The maximum Gasteiger partial charge on any atom is 0.257 e. The van der Waals surface area contributed by atoms with Crippen molar-refractivity contribution in [3.05, 3.63) is 70.0 Å². The lowest BCUT2D eigenvalue weighted by Gasteiger charge is -2.13. The molecule has 3 aliphatic rings. The molecular weight excluding hydrogens is 729 g/mol. The SMILES string of the molecule is CCc1nn(C2CCCC2)c(N)c1C(=O)NCC(=O)c1cccc(OC)c1OC.CCc1nn(C2CCCC2)c2c1C(=O)NCC(c1ccc(OC)c(OC)c1)=N2. The minimum absolute atomic E-state index is 0.102. The summed E-state index contributed by atoms with van der Waals surface area (Å²) in [5.74, 6) is 2.38. The summed E-state index contributed by atoms with van der Waals surface area (Å²) in [7, 11) is 6.20. The number of aromatic nitrogens is 4. The van der Waals surface area contributed by atoms with E-state index in [1.165, 1.54) is 27.1 Å². The van der Waals surface area contributed by atoms with Crippen molar-refractivity contribution in [1.29, 1.82) is 0 Å². The van der Waals surface area contributed by atoms with E-state index in [2.05, 4.69) is 15.7 Å². The van der Waals surface area contributed by atoms with Crippen molar-refractivity contribution in [2.45, 2.75) is 90.1 Å². The first-order chi connectivity index (χ1) is 27.7. The number of nitrogen functional groups attached to an aromatic ring is 1. The van der Waals surface area contributed by atoms with Crippen molar-refractivity contribution < 1.29 is 33.3 Å². The molecule has 0 bridgehead atoms. The monoisotopic (exact) mass is 782 g/mol. The van der Waals surface area contributed by atoms with Crippen LogP contribution in [0, 0.1) is 0 Å². The number of carbonyl (C=O) groups excluding carboxylic acids is 3. The fourth-order valence-electron chi connectivity index (χ4n) is 7.93.